The van der Waals surface area contributed by atoms with Gasteiger partial charge in [-0.05, 0) is 50.7 Å². The number of nitrogens with one attached hydrogen (secondary N) is 1. The maximum absolute atomic E-state index is 12.7. The summed E-state index contributed by atoms with van der Waals surface area (Å²) in [5, 5.41) is 3.76. The molecule has 2 heterocycles. The highest BCUT2D eigenvalue weighted by atomic mass is 32.1. The first-order chi connectivity index (χ1) is 23.2. The maximum Gasteiger partial charge on any atom is 0.248 e. The second-order valence-electron chi connectivity index (χ2n) is 11.3. The molecule has 1 fully saturated rings. The van der Waals surface area contributed by atoms with Crippen molar-refractivity contribution in [3.05, 3.63) is 64.6 Å². The number of carbonyl (C=O) groups excluding carboxylic acids is 4. The molecule has 0 spiro atoms. The standard InChI is InChI=1S/C34H49N5O8S/c1-37(2)15-5-8-31(41)38-16-17-39(32(42)26-38)33-10-9-28(48-33)11-14-36-30(40)13-19-45-21-23-47-25-24-46-22-20-44-18-12-27-6-3-4-7-29(27)34(35)43/h3-10H,11-26H2,1-2H3,(H2,35,43)(H,36,40). The predicted octanol–water partition coefficient (Wildman–Crippen LogP) is 1.50. The number of hydrogen-bond donors (Lipinski definition) is 2. The maximum atomic E-state index is 12.7. The van der Waals surface area contributed by atoms with E-state index in [1.165, 1.54) is 17.4 Å². The molecule has 14 heteroatoms. The highest BCUT2D eigenvalue weighted by Gasteiger charge is 2.28. The van der Waals surface area contributed by atoms with E-state index in [2.05, 4.69) is 5.32 Å². The molecule has 3 rings (SSSR count). The van der Waals surface area contributed by atoms with Gasteiger partial charge in [0.15, 0.2) is 0 Å². The van der Waals surface area contributed by atoms with E-state index in [1.807, 2.05) is 43.3 Å². The molecule has 1 aliphatic heterocycles. The van der Waals surface area contributed by atoms with Gasteiger partial charge >= 0.3 is 0 Å². The number of likely N-dealkylation sites (N-methyl/N-ethyl adjacent to an activating group) is 1. The fraction of sp³-hybridized carbons (Fsp3) is 0.529. The van der Waals surface area contributed by atoms with Crippen LogP contribution in [0.1, 0.15) is 27.2 Å². The summed E-state index contributed by atoms with van der Waals surface area (Å²) < 4.78 is 22.0. The molecule has 0 bridgehead atoms. The highest BCUT2D eigenvalue weighted by molar-refractivity contribution is 7.16. The number of benzene rings is 1. The third-order valence-corrected chi connectivity index (χ3v) is 8.43. The number of primary amides is 1. The van der Waals surface area contributed by atoms with Crippen LogP contribution < -0.4 is 16.0 Å². The number of hydrogen-bond acceptors (Lipinski definition) is 10. The molecule has 0 saturated carbocycles. The largest absolute Gasteiger partial charge is 0.379 e. The van der Waals surface area contributed by atoms with Crippen LogP contribution in [0.5, 0.6) is 0 Å². The molecule has 0 aliphatic carbocycles. The second kappa shape index (κ2) is 22.1. The van der Waals surface area contributed by atoms with E-state index in [-0.39, 0.29) is 30.7 Å². The number of nitrogens with zero attached hydrogens (tertiary/aromatic N) is 3. The molecule has 264 valence electrons. The van der Waals surface area contributed by atoms with Crippen molar-refractivity contribution in [1.29, 1.82) is 0 Å². The average Bonchev–Trinajstić information content (AvgIpc) is 3.53. The molecule has 0 unspecified atom stereocenters. The van der Waals surface area contributed by atoms with Gasteiger partial charge in [0.25, 0.3) is 0 Å². The minimum absolute atomic E-state index is 0.0626. The van der Waals surface area contributed by atoms with Crippen LogP contribution in [0.15, 0.2) is 48.6 Å². The van der Waals surface area contributed by atoms with Crippen LogP contribution >= 0.6 is 11.3 Å². The summed E-state index contributed by atoms with van der Waals surface area (Å²) in [7, 11) is 3.85. The molecular weight excluding hydrogens is 638 g/mol. The topological polar surface area (TPSA) is 153 Å². The Bertz CT molecular complexity index is 1330. The first-order valence-corrected chi connectivity index (χ1v) is 17.0. The first kappa shape index (κ1) is 38.8. The Kier molecular flexibility index (Phi) is 17.8. The molecule has 1 aromatic heterocycles. The van der Waals surface area contributed by atoms with Crippen molar-refractivity contribution in [1.82, 2.24) is 15.1 Å². The first-order valence-electron chi connectivity index (χ1n) is 16.2. The van der Waals surface area contributed by atoms with E-state index in [4.69, 9.17) is 24.7 Å². The van der Waals surface area contributed by atoms with E-state index in [0.29, 0.717) is 97.4 Å². The Labute approximate surface area is 286 Å². The summed E-state index contributed by atoms with van der Waals surface area (Å²) in [6.07, 6.45) is 4.85. The molecule has 48 heavy (non-hydrogen) atoms. The molecule has 13 nitrogen and oxygen atoms in total. The highest BCUT2D eigenvalue weighted by Crippen LogP contribution is 2.27. The van der Waals surface area contributed by atoms with Crippen molar-refractivity contribution < 1.29 is 38.1 Å². The zero-order chi connectivity index (χ0) is 34.6. The normalized spacial score (nSPS) is 13.5. The molecule has 4 amide bonds. The van der Waals surface area contributed by atoms with Gasteiger partial charge in [0.2, 0.25) is 23.6 Å². The lowest BCUT2D eigenvalue weighted by atomic mass is 10.0. The SMILES string of the molecule is CN(C)CC=CC(=O)N1CCN(c2ccc(CCNC(=O)CCOCCOCCOCCOCCc3ccccc3C(N)=O)s2)C(=O)C1. The van der Waals surface area contributed by atoms with Gasteiger partial charge in [-0.2, -0.15) is 0 Å². The fourth-order valence-corrected chi connectivity index (χ4v) is 5.76. The van der Waals surface area contributed by atoms with Gasteiger partial charge in [-0.15, -0.1) is 11.3 Å². The van der Waals surface area contributed by atoms with Gasteiger partial charge in [-0.1, -0.05) is 24.3 Å². The molecule has 0 atom stereocenters. The quantitative estimate of drug-likeness (QED) is 0.131. The van der Waals surface area contributed by atoms with Gasteiger partial charge in [-0.3, -0.25) is 19.2 Å². The minimum atomic E-state index is -0.440. The van der Waals surface area contributed by atoms with Crippen molar-refractivity contribution in [3.8, 4) is 0 Å². The average molecular weight is 688 g/mol. The summed E-state index contributed by atoms with van der Waals surface area (Å²) in [4.78, 5) is 55.1. The number of rotatable bonds is 23. The predicted molar refractivity (Wildman–Crippen MR) is 184 cm³/mol. The van der Waals surface area contributed by atoms with Gasteiger partial charge in [0, 0.05) is 49.1 Å². The number of nitrogens with two attached hydrogens (primary N) is 1. The molecule has 2 aromatic rings. The third kappa shape index (κ3) is 14.6. The molecule has 1 aliphatic rings. The van der Waals surface area contributed by atoms with Crippen LogP contribution in [0.25, 0.3) is 0 Å². The van der Waals surface area contributed by atoms with Crippen LogP contribution in [0.3, 0.4) is 0 Å². The summed E-state index contributed by atoms with van der Waals surface area (Å²) in [6, 6.07) is 11.1. The lowest BCUT2D eigenvalue weighted by molar-refractivity contribution is -0.133. The van der Waals surface area contributed by atoms with E-state index >= 15 is 0 Å². The van der Waals surface area contributed by atoms with E-state index < -0.39 is 5.91 Å². The Morgan fingerprint density at radius 3 is 2.23 bits per heavy atom. The van der Waals surface area contributed by atoms with Gasteiger partial charge in [0.1, 0.15) is 6.54 Å². The number of piperazine rings is 1. The second-order valence-corrected chi connectivity index (χ2v) is 12.4. The number of amides is 4. The number of ether oxygens (including phenoxy) is 4. The number of thiophene rings is 1. The van der Waals surface area contributed by atoms with Crippen LogP contribution in [0, 0.1) is 0 Å². The zero-order valence-corrected chi connectivity index (χ0v) is 28.8. The Hall–Kier alpha value is -3.66. The summed E-state index contributed by atoms with van der Waals surface area (Å²) in [5.41, 5.74) is 6.78. The van der Waals surface area contributed by atoms with Crippen LogP contribution in [0.2, 0.25) is 0 Å². The Balaban J connectivity index is 1.13. The zero-order valence-electron chi connectivity index (χ0n) is 28.0. The number of carbonyl (C=O) groups is 4. The lowest BCUT2D eigenvalue weighted by Crippen LogP contribution is -2.51. The van der Waals surface area contributed by atoms with Crippen LogP contribution in [-0.2, 0) is 46.2 Å². The molecular formula is C34H49N5O8S. The molecule has 1 aromatic carbocycles. The monoisotopic (exact) mass is 687 g/mol. The van der Waals surface area contributed by atoms with Gasteiger partial charge in [-0.25, -0.2) is 0 Å². The van der Waals surface area contributed by atoms with Crippen molar-refractivity contribution in [2.24, 2.45) is 5.73 Å². The molecule has 1 saturated heterocycles. The Morgan fingerprint density at radius 1 is 0.896 bits per heavy atom. The fourth-order valence-electron chi connectivity index (χ4n) is 4.71. The molecule has 3 N–H and O–H groups in total. The van der Waals surface area contributed by atoms with E-state index in [0.717, 1.165) is 15.4 Å². The van der Waals surface area contributed by atoms with Crippen molar-refractivity contribution in [2.75, 3.05) is 105 Å². The van der Waals surface area contributed by atoms with Gasteiger partial charge < -0.3 is 44.7 Å². The van der Waals surface area contributed by atoms with E-state index in [1.54, 1.807) is 28.0 Å². The number of anilines is 1. The van der Waals surface area contributed by atoms with Crippen LogP contribution in [-0.4, -0.2) is 133 Å². The minimum Gasteiger partial charge on any atom is -0.379 e. The smallest absolute Gasteiger partial charge is 0.248 e. The van der Waals surface area contributed by atoms with Crippen molar-refractivity contribution in [2.45, 2.75) is 19.3 Å². The lowest BCUT2D eigenvalue weighted by Gasteiger charge is -2.33. The van der Waals surface area contributed by atoms with Gasteiger partial charge in [0.05, 0.1) is 57.9 Å². The summed E-state index contributed by atoms with van der Waals surface area (Å²) in [5.74, 6) is -0.775. The Morgan fingerprint density at radius 2 is 1.56 bits per heavy atom. The van der Waals surface area contributed by atoms with Crippen LogP contribution in [0.4, 0.5) is 5.00 Å². The third-order valence-electron chi connectivity index (χ3n) is 7.26. The summed E-state index contributed by atoms with van der Waals surface area (Å²) >= 11 is 1.52. The van der Waals surface area contributed by atoms with E-state index in [9.17, 15) is 19.2 Å². The van der Waals surface area contributed by atoms with Crippen molar-refractivity contribution >= 4 is 40.0 Å². The molecule has 0 radical (unpaired) electrons. The van der Waals surface area contributed by atoms with Crippen molar-refractivity contribution in [3.63, 3.8) is 0 Å². The summed E-state index contributed by atoms with van der Waals surface area (Å²) in [6.45, 7) is 5.47.